The number of anilines is 1. The third-order valence-electron chi connectivity index (χ3n) is 2.51. The second-order valence-corrected chi connectivity index (χ2v) is 4.76. The van der Waals surface area contributed by atoms with Crippen LogP contribution in [0.4, 0.5) is 5.69 Å². The van der Waals surface area contributed by atoms with Gasteiger partial charge in [0.25, 0.3) is 0 Å². The van der Waals surface area contributed by atoms with Gasteiger partial charge in [-0.2, -0.15) is 0 Å². The first-order valence-corrected chi connectivity index (χ1v) is 5.95. The van der Waals surface area contributed by atoms with E-state index in [2.05, 4.69) is 34.0 Å². The number of carbonyl (C=O) groups excluding carboxylic acids is 1. The van der Waals surface area contributed by atoms with E-state index in [9.17, 15) is 4.79 Å². The number of esters is 1. The Kier molecular flexibility index (Phi) is 3.14. The van der Waals surface area contributed by atoms with Crippen LogP contribution in [0.1, 0.15) is 22.3 Å². The molecule has 1 aliphatic heterocycles. The molecule has 0 saturated heterocycles. The van der Waals surface area contributed by atoms with Crippen LogP contribution < -0.4 is 5.32 Å². The van der Waals surface area contributed by atoms with Crippen LogP contribution in [0.15, 0.2) is 12.1 Å². The van der Waals surface area contributed by atoms with Crippen molar-refractivity contribution in [2.45, 2.75) is 12.8 Å². The van der Waals surface area contributed by atoms with E-state index in [1.54, 1.807) is 0 Å². The second kappa shape index (κ2) is 4.38. The third kappa shape index (κ3) is 2.09. The summed E-state index contributed by atoms with van der Waals surface area (Å²) in [6.07, 6.45) is 2.15. The van der Waals surface area contributed by atoms with E-state index in [0.717, 1.165) is 28.6 Å². The number of nitrogens with one attached hydrogen (secondary N) is 1. The number of ether oxygens (including phenoxy) is 1. The third-order valence-corrected chi connectivity index (χ3v) is 3.14. The Labute approximate surface area is 102 Å². The highest BCUT2D eigenvalue weighted by Crippen LogP contribution is 2.28. The van der Waals surface area contributed by atoms with E-state index >= 15 is 0 Å². The molecule has 1 aromatic carbocycles. The number of aryl methyl sites for hydroxylation is 1. The standard InChI is InChI=1S/C11H12INO2/c1-15-11(14)9-6-8(12)5-7-3-2-4-13-10(7)9/h5-6,13H,2-4H2,1H3. The molecule has 15 heavy (non-hydrogen) atoms. The van der Waals surface area contributed by atoms with Crippen molar-refractivity contribution < 1.29 is 9.53 Å². The minimum atomic E-state index is -0.265. The minimum Gasteiger partial charge on any atom is -0.465 e. The molecule has 2 rings (SSSR count). The van der Waals surface area contributed by atoms with Gasteiger partial charge in [0.2, 0.25) is 0 Å². The molecule has 0 unspecified atom stereocenters. The normalized spacial score (nSPS) is 14.0. The Morgan fingerprint density at radius 2 is 2.33 bits per heavy atom. The number of fused-ring (bicyclic) bond motifs is 1. The summed E-state index contributed by atoms with van der Waals surface area (Å²) in [7, 11) is 1.41. The first-order valence-electron chi connectivity index (χ1n) is 4.87. The summed E-state index contributed by atoms with van der Waals surface area (Å²) in [6, 6.07) is 3.98. The van der Waals surface area contributed by atoms with Crippen LogP contribution in [-0.4, -0.2) is 19.6 Å². The van der Waals surface area contributed by atoms with E-state index in [1.165, 1.54) is 12.7 Å². The monoisotopic (exact) mass is 317 g/mol. The maximum atomic E-state index is 11.6. The molecule has 4 heteroatoms. The van der Waals surface area contributed by atoms with Crippen LogP contribution in [0.5, 0.6) is 0 Å². The fraction of sp³-hybridized carbons (Fsp3) is 0.364. The molecule has 0 saturated carbocycles. The van der Waals surface area contributed by atoms with E-state index in [-0.39, 0.29) is 5.97 Å². The Hall–Kier alpha value is -0.780. The molecule has 1 heterocycles. The van der Waals surface area contributed by atoms with Crippen LogP contribution in [0.25, 0.3) is 0 Å². The van der Waals surface area contributed by atoms with Gasteiger partial charge >= 0.3 is 5.97 Å². The molecule has 0 spiro atoms. The van der Waals surface area contributed by atoms with Gasteiger partial charge in [-0.05, 0) is 53.1 Å². The number of benzene rings is 1. The van der Waals surface area contributed by atoms with Crippen LogP contribution in [0.3, 0.4) is 0 Å². The molecular weight excluding hydrogens is 305 g/mol. The van der Waals surface area contributed by atoms with Gasteiger partial charge in [0.15, 0.2) is 0 Å². The summed E-state index contributed by atoms with van der Waals surface area (Å²) in [6.45, 7) is 0.928. The van der Waals surface area contributed by atoms with Crippen molar-refractivity contribution in [2.75, 3.05) is 19.0 Å². The highest BCUT2D eigenvalue weighted by atomic mass is 127. The maximum Gasteiger partial charge on any atom is 0.340 e. The summed E-state index contributed by atoms with van der Waals surface area (Å²) in [5.41, 5.74) is 2.82. The summed E-state index contributed by atoms with van der Waals surface area (Å²) in [5.74, 6) is -0.265. The predicted octanol–water partition coefficient (Wildman–Crippen LogP) is 2.44. The molecule has 1 aliphatic rings. The second-order valence-electron chi connectivity index (χ2n) is 3.51. The zero-order valence-electron chi connectivity index (χ0n) is 8.47. The van der Waals surface area contributed by atoms with Gasteiger partial charge in [-0.3, -0.25) is 0 Å². The smallest absolute Gasteiger partial charge is 0.340 e. The van der Waals surface area contributed by atoms with E-state index in [1.807, 2.05) is 6.07 Å². The molecule has 3 nitrogen and oxygen atoms in total. The van der Waals surface area contributed by atoms with Gasteiger partial charge < -0.3 is 10.1 Å². The zero-order valence-corrected chi connectivity index (χ0v) is 10.6. The van der Waals surface area contributed by atoms with Gasteiger partial charge in [0.05, 0.1) is 18.4 Å². The van der Waals surface area contributed by atoms with Crippen molar-refractivity contribution in [3.63, 3.8) is 0 Å². The zero-order chi connectivity index (χ0) is 10.8. The lowest BCUT2D eigenvalue weighted by Gasteiger charge is -2.20. The average Bonchev–Trinajstić information content (AvgIpc) is 2.26. The Morgan fingerprint density at radius 1 is 1.53 bits per heavy atom. The largest absolute Gasteiger partial charge is 0.465 e. The fourth-order valence-corrected chi connectivity index (χ4v) is 2.52. The molecular formula is C11H12INO2. The van der Waals surface area contributed by atoms with Crippen molar-refractivity contribution in [3.8, 4) is 0 Å². The van der Waals surface area contributed by atoms with Gasteiger partial charge in [0, 0.05) is 10.1 Å². The molecule has 0 aliphatic carbocycles. The average molecular weight is 317 g/mol. The number of hydrogen-bond donors (Lipinski definition) is 1. The molecule has 80 valence electrons. The van der Waals surface area contributed by atoms with Crippen LogP contribution in [0, 0.1) is 3.57 Å². The highest BCUT2D eigenvalue weighted by Gasteiger charge is 2.18. The van der Waals surface area contributed by atoms with E-state index in [0.29, 0.717) is 5.56 Å². The summed E-state index contributed by atoms with van der Waals surface area (Å²) in [5, 5.41) is 3.27. The maximum absolute atomic E-state index is 11.6. The van der Waals surface area contributed by atoms with Crippen molar-refractivity contribution in [1.82, 2.24) is 0 Å². The van der Waals surface area contributed by atoms with Gasteiger partial charge in [-0.25, -0.2) is 4.79 Å². The number of methoxy groups -OCH3 is 1. The van der Waals surface area contributed by atoms with Crippen molar-refractivity contribution in [2.24, 2.45) is 0 Å². The summed E-state index contributed by atoms with van der Waals surface area (Å²) >= 11 is 2.23. The molecule has 1 N–H and O–H groups in total. The Morgan fingerprint density at radius 3 is 3.07 bits per heavy atom. The molecule has 0 bridgehead atoms. The van der Waals surface area contributed by atoms with Crippen molar-refractivity contribution in [1.29, 1.82) is 0 Å². The molecule has 0 radical (unpaired) electrons. The van der Waals surface area contributed by atoms with Gasteiger partial charge in [-0.1, -0.05) is 0 Å². The van der Waals surface area contributed by atoms with Crippen LogP contribution >= 0.6 is 22.6 Å². The quantitative estimate of drug-likeness (QED) is 0.639. The van der Waals surface area contributed by atoms with Crippen molar-refractivity contribution >= 4 is 34.2 Å². The summed E-state index contributed by atoms with van der Waals surface area (Å²) < 4.78 is 5.85. The first-order chi connectivity index (χ1) is 7.22. The van der Waals surface area contributed by atoms with Crippen molar-refractivity contribution in [3.05, 3.63) is 26.8 Å². The van der Waals surface area contributed by atoms with Crippen LogP contribution in [0.2, 0.25) is 0 Å². The molecule has 0 amide bonds. The Bertz CT molecular complexity index is 404. The van der Waals surface area contributed by atoms with Crippen LogP contribution in [-0.2, 0) is 11.2 Å². The summed E-state index contributed by atoms with van der Waals surface area (Å²) in [4.78, 5) is 11.6. The molecule has 0 aromatic heterocycles. The lowest BCUT2D eigenvalue weighted by molar-refractivity contribution is 0.0601. The first kappa shape index (κ1) is 10.7. The predicted molar refractivity (Wildman–Crippen MR) is 67.3 cm³/mol. The van der Waals surface area contributed by atoms with Gasteiger partial charge in [-0.15, -0.1) is 0 Å². The SMILES string of the molecule is COC(=O)c1cc(I)cc2c1NCCC2. The number of carbonyl (C=O) groups is 1. The van der Waals surface area contributed by atoms with Gasteiger partial charge in [0.1, 0.15) is 0 Å². The van der Waals surface area contributed by atoms with E-state index in [4.69, 9.17) is 4.74 Å². The highest BCUT2D eigenvalue weighted by molar-refractivity contribution is 14.1. The molecule has 0 atom stereocenters. The topological polar surface area (TPSA) is 38.3 Å². The number of halogens is 1. The lowest BCUT2D eigenvalue weighted by Crippen LogP contribution is -2.16. The van der Waals surface area contributed by atoms with E-state index < -0.39 is 0 Å². The minimum absolute atomic E-state index is 0.265. The fourth-order valence-electron chi connectivity index (χ4n) is 1.83. The number of hydrogen-bond acceptors (Lipinski definition) is 3. The number of rotatable bonds is 1. The Balaban J connectivity index is 2.52. The lowest BCUT2D eigenvalue weighted by atomic mass is 9.99. The molecule has 0 fully saturated rings. The molecule has 1 aromatic rings.